The van der Waals surface area contributed by atoms with Gasteiger partial charge in [-0.05, 0) is 31.8 Å². The molecule has 2 heteroatoms. The van der Waals surface area contributed by atoms with Gasteiger partial charge in [0.05, 0.1) is 12.9 Å². The fourth-order valence-corrected chi connectivity index (χ4v) is 1.79. The molecule has 0 aromatic carbocycles. The summed E-state index contributed by atoms with van der Waals surface area (Å²) < 4.78 is 10.7. The van der Waals surface area contributed by atoms with E-state index in [-0.39, 0.29) is 0 Å². The van der Waals surface area contributed by atoms with E-state index in [2.05, 4.69) is 19.1 Å². The maximum Gasteiger partial charge on any atom is 0.0958 e. The third-order valence-corrected chi connectivity index (χ3v) is 2.89. The third-order valence-electron chi connectivity index (χ3n) is 2.89. The summed E-state index contributed by atoms with van der Waals surface area (Å²) in [6.45, 7) is 4.01. The van der Waals surface area contributed by atoms with Crippen LogP contribution in [0.3, 0.4) is 0 Å². The maximum atomic E-state index is 5.54. The van der Waals surface area contributed by atoms with E-state index in [9.17, 15) is 0 Å². The lowest BCUT2D eigenvalue weighted by atomic mass is 10.00. The Hall–Kier alpha value is -0.760. The lowest BCUT2D eigenvalue weighted by Gasteiger charge is -2.13. The first-order chi connectivity index (χ1) is 7.86. The number of ether oxygens (including phenoxy) is 2. The predicted molar refractivity (Wildman–Crippen MR) is 67.4 cm³/mol. The molecular formula is C14H24O2. The van der Waals surface area contributed by atoms with Crippen LogP contribution in [-0.4, -0.2) is 20.3 Å². The smallest absolute Gasteiger partial charge is 0.0958 e. The molecule has 0 N–H and O–H groups in total. The van der Waals surface area contributed by atoms with Gasteiger partial charge in [-0.15, -0.1) is 0 Å². The standard InChI is InChI=1S/C14H24O2/c1-3-4-11-16-12-5-6-13-7-9-14(15-2)10-8-13/h7,9H,3-6,8,10-12H2,1-2H3. The van der Waals surface area contributed by atoms with Crippen molar-refractivity contribution in [3.63, 3.8) is 0 Å². The first-order valence-electron chi connectivity index (χ1n) is 6.37. The molecule has 0 bridgehead atoms. The molecule has 0 fully saturated rings. The number of hydrogen-bond acceptors (Lipinski definition) is 2. The van der Waals surface area contributed by atoms with Gasteiger partial charge in [0.2, 0.25) is 0 Å². The monoisotopic (exact) mass is 224 g/mol. The van der Waals surface area contributed by atoms with Crippen molar-refractivity contribution in [2.75, 3.05) is 20.3 Å². The van der Waals surface area contributed by atoms with Crippen LogP contribution >= 0.6 is 0 Å². The van der Waals surface area contributed by atoms with Crippen molar-refractivity contribution < 1.29 is 9.47 Å². The fraction of sp³-hybridized carbons (Fsp3) is 0.714. The fourth-order valence-electron chi connectivity index (χ4n) is 1.79. The Morgan fingerprint density at radius 2 is 1.94 bits per heavy atom. The van der Waals surface area contributed by atoms with E-state index in [4.69, 9.17) is 9.47 Å². The summed E-state index contributed by atoms with van der Waals surface area (Å²) in [5.74, 6) is 1.10. The molecule has 0 unspecified atom stereocenters. The quantitative estimate of drug-likeness (QED) is 0.583. The molecule has 0 aliphatic heterocycles. The van der Waals surface area contributed by atoms with E-state index >= 15 is 0 Å². The second-order valence-electron chi connectivity index (χ2n) is 4.23. The largest absolute Gasteiger partial charge is 0.501 e. The minimum absolute atomic E-state index is 0.901. The van der Waals surface area contributed by atoms with Gasteiger partial charge in [-0.2, -0.15) is 0 Å². The van der Waals surface area contributed by atoms with Crippen LogP contribution in [0.1, 0.15) is 45.4 Å². The average Bonchev–Trinajstić information content (AvgIpc) is 2.34. The summed E-state index contributed by atoms with van der Waals surface area (Å²) in [5.41, 5.74) is 1.53. The molecule has 0 spiro atoms. The number of allylic oxidation sites excluding steroid dienone is 4. The summed E-state index contributed by atoms with van der Waals surface area (Å²) in [5, 5.41) is 0. The Morgan fingerprint density at radius 3 is 2.56 bits per heavy atom. The molecule has 0 saturated heterocycles. The van der Waals surface area contributed by atoms with Gasteiger partial charge in [0.15, 0.2) is 0 Å². The normalized spacial score (nSPS) is 15.6. The van der Waals surface area contributed by atoms with Gasteiger partial charge in [-0.1, -0.05) is 25.0 Å². The van der Waals surface area contributed by atoms with Crippen LogP contribution in [0.25, 0.3) is 0 Å². The summed E-state index contributed by atoms with van der Waals surface area (Å²) in [4.78, 5) is 0. The first kappa shape index (κ1) is 13.3. The van der Waals surface area contributed by atoms with Crippen LogP contribution in [0.5, 0.6) is 0 Å². The molecule has 0 amide bonds. The van der Waals surface area contributed by atoms with Crippen LogP contribution in [0.15, 0.2) is 23.5 Å². The summed E-state index contributed by atoms with van der Waals surface area (Å²) >= 11 is 0. The molecule has 0 atom stereocenters. The zero-order valence-corrected chi connectivity index (χ0v) is 10.6. The van der Waals surface area contributed by atoms with Gasteiger partial charge >= 0.3 is 0 Å². The minimum Gasteiger partial charge on any atom is -0.501 e. The summed E-state index contributed by atoms with van der Waals surface area (Å²) in [6.07, 6.45) is 11.2. The van der Waals surface area contributed by atoms with Crippen molar-refractivity contribution in [1.82, 2.24) is 0 Å². The van der Waals surface area contributed by atoms with Crippen LogP contribution in [0.2, 0.25) is 0 Å². The predicted octanol–water partition coefficient (Wildman–Crippen LogP) is 3.83. The Morgan fingerprint density at radius 1 is 1.12 bits per heavy atom. The molecule has 2 nitrogen and oxygen atoms in total. The van der Waals surface area contributed by atoms with Crippen molar-refractivity contribution >= 4 is 0 Å². The maximum absolute atomic E-state index is 5.54. The Labute approximate surface area is 99.3 Å². The molecule has 92 valence electrons. The van der Waals surface area contributed by atoms with Crippen LogP contribution < -0.4 is 0 Å². The van der Waals surface area contributed by atoms with E-state index < -0.39 is 0 Å². The van der Waals surface area contributed by atoms with Crippen molar-refractivity contribution in [3.05, 3.63) is 23.5 Å². The highest BCUT2D eigenvalue weighted by Gasteiger charge is 2.05. The highest BCUT2D eigenvalue weighted by molar-refractivity contribution is 5.20. The van der Waals surface area contributed by atoms with Crippen molar-refractivity contribution in [2.45, 2.75) is 45.4 Å². The minimum atomic E-state index is 0.901. The number of rotatable bonds is 8. The second kappa shape index (κ2) is 8.40. The van der Waals surface area contributed by atoms with E-state index in [1.807, 2.05) is 0 Å². The molecule has 16 heavy (non-hydrogen) atoms. The van der Waals surface area contributed by atoms with Crippen LogP contribution in [0, 0.1) is 0 Å². The van der Waals surface area contributed by atoms with Gasteiger partial charge < -0.3 is 9.47 Å². The van der Waals surface area contributed by atoms with Gasteiger partial charge in [0.1, 0.15) is 0 Å². The van der Waals surface area contributed by atoms with Crippen LogP contribution in [0.4, 0.5) is 0 Å². The summed E-state index contributed by atoms with van der Waals surface area (Å²) in [7, 11) is 1.74. The van der Waals surface area contributed by atoms with Crippen molar-refractivity contribution in [3.8, 4) is 0 Å². The van der Waals surface area contributed by atoms with Crippen molar-refractivity contribution in [2.24, 2.45) is 0 Å². The van der Waals surface area contributed by atoms with Gasteiger partial charge in [-0.3, -0.25) is 0 Å². The van der Waals surface area contributed by atoms with Gasteiger partial charge in [0, 0.05) is 19.6 Å². The molecule has 0 radical (unpaired) electrons. The first-order valence-corrected chi connectivity index (χ1v) is 6.37. The van der Waals surface area contributed by atoms with Gasteiger partial charge in [0.25, 0.3) is 0 Å². The zero-order chi connectivity index (χ0) is 11.6. The van der Waals surface area contributed by atoms with Gasteiger partial charge in [-0.25, -0.2) is 0 Å². The lowest BCUT2D eigenvalue weighted by molar-refractivity contribution is 0.129. The van der Waals surface area contributed by atoms with E-state index in [1.54, 1.807) is 7.11 Å². The molecule has 1 rings (SSSR count). The number of hydrogen-bond donors (Lipinski definition) is 0. The Kier molecular flexibility index (Phi) is 6.98. The molecule has 0 heterocycles. The third kappa shape index (κ3) is 5.36. The highest BCUT2D eigenvalue weighted by Crippen LogP contribution is 2.21. The SMILES string of the molecule is CCCCOCCCC1=CC=C(OC)CC1. The number of methoxy groups -OCH3 is 1. The zero-order valence-electron chi connectivity index (χ0n) is 10.6. The second-order valence-corrected chi connectivity index (χ2v) is 4.23. The molecule has 1 aliphatic carbocycles. The summed E-state index contributed by atoms with van der Waals surface area (Å²) in [6, 6.07) is 0. The van der Waals surface area contributed by atoms with E-state index in [1.165, 1.54) is 24.8 Å². The van der Waals surface area contributed by atoms with Crippen molar-refractivity contribution in [1.29, 1.82) is 0 Å². The van der Waals surface area contributed by atoms with Crippen LogP contribution in [-0.2, 0) is 9.47 Å². The molecule has 1 aliphatic rings. The molecule has 0 saturated carbocycles. The molecular weight excluding hydrogens is 200 g/mol. The topological polar surface area (TPSA) is 18.5 Å². The highest BCUT2D eigenvalue weighted by atomic mass is 16.5. The van der Waals surface area contributed by atoms with E-state index in [0.717, 1.165) is 38.2 Å². The average molecular weight is 224 g/mol. The van der Waals surface area contributed by atoms with E-state index in [0.29, 0.717) is 0 Å². The molecule has 0 aromatic heterocycles. The molecule has 0 aromatic rings. The Bertz CT molecular complexity index is 241. The number of unbranched alkanes of at least 4 members (excludes halogenated alkanes) is 1. The lowest BCUT2D eigenvalue weighted by Crippen LogP contribution is -1.99. The Balaban J connectivity index is 2.05.